The Kier molecular flexibility index (Phi) is 8.40. The van der Waals surface area contributed by atoms with E-state index in [4.69, 9.17) is 4.74 Å². The number of amides is 2. The Morgan fingerprint density at radius 2 is 1.41 bits per heavy atom. The van der Waals surface area contributed by atoms with Gasteiger partial charge in [0.1, 0.15) is 5.75 Å². The lowest BCUT2D eigenvalue weighted by Crippen LogP contribution is -2.44. The van der Waals surface area contributed by atoms with Gasteiger partial charge >= 0.3 is 0 Å². The number of aryl methyl sites for hydroxylation is 1. The van der Waals surface area contributed by atoms with E-state index in [2.05, 4.69) is 15.6 Å². The van der Waals surface area contributed by atoms with Crippen molar-refractivity contribution < 1.29 is 22.7 Å². The largest absolute Gasteiger partial charge is 0.484 e. The van der Waals surface area contributed by atoms with Crippen molar-refractivity contribution >= 4 is 21.8 Å². The lowest BCUT2D eigenvalue weighted by molar-refractivity contribution is -0.129. The molecule has 2 aromatic rings. The molecule has 0 radical (unpaired) electrons. The fourth-order valence-corrected chi connectivity index (χ4v) is 4.96. The van der Waals surface area contributed by atoms with Crippen molar-refractivity contribution in [3.05, 3.63) is 57.6 Å². The van der Waals surface area contributed by atoms with Gasteiger partial charge in [-0.25, -0.2) is 13.1 Å². The van der Waals surface area contributed by atoms with E-state index in [1.807, 2.05) is 39.8 Å². The number of hydrogen-bond acceptors (Lipinski definition) is 5. The van der Waals surface area contributed by atoms with E-state index in [9.17, 15) is 18.0 Å². The Morgan fingerprint density at radius 3 is 2.00 bits per heavy atom. The first kappa shape index (κ1) is 25.4. The number of hydrogen-bond donors (Lipinski definition) is 3. The van der Waals surface area contributed by atoms with Crippen LogP contribution in [0.15, 0.2) is 29.2 Å². The Balaban J connectivity index is 1.84. The molecule has 8 nitrogen and oxygen atoms in total. The molecule has 0 aliphatic carbocycles. The van der Waals surface area contributed by atoms with Crippen LogP contribution in [0.4, 0.5) is 0 Å². The first-order chi connectivity index (χ1) is 14.9. The maximum atomic E-state index is 12.9. The third kappa shape index (κ3) is 6.30. The maximum Gasteiger partial charge on any atom is 0.276 e. The lowest BCUT2D eigenvalue weighted by Gasteiger charge is -2.19. The van der Waals surface area contributed by atoms with Crippen molar-refractivity contribution in [3.63, 3.8) is 0 Å². The number of rotatable bonds is 8. The number of carbonyl (C=O) groups excluding carboxylic acids is 2. The predicted molar refractivity (Wildman–Crippen MR) is 123 cm³/mol. The van der Waals surface area contributed by atoms with Crippen molar-refractivity contribution in [1.82, 2.24) is 15.6 Å². The summed E-state index contributed by atoms with van der Waals surface area (Å²) in [6, 6.07) is 7.24. The summed E-state index contributed by atoms with van der Waals surface area (Å²) in [5, 5.41) is 0. The molecule has 3 N–H and O–H groups in total. The summed E-state index contributed by atoms with van der Waals surface area (Å²) in [5.41, 5.74) is 9.83. The Bertz CT molecular complexity index is 1100. The van der Waals surface area contributed by atoms with Gasteiger partial charge in [0.2, 0.25) is 15.9 Å². The van der Waals surface area contributed by atoms with E-state index in [1.54, 1.807) is 26.0 Å². The average Bonchev–Trinajstić information content (AvgIpc) is 2.73. The van der Waals surface area contributed by atoms with E-state index >= 15 is 0 Å². The summed E-state index contributed by atoms with van der Waals surface area (Å²) in [7, 11) is -3.79. The second kappa shape index (κ2) is 10.6. The molecule has 0 aromatic heterocycles. The lowest BCUT2D eigenvalue weighted by atomic mass is 9.95. The van der Waals surface area contributed by atoms with Crippen molar-refractivity contribution in [3.8, 4) is 5.75 Å². The molecule has 2 aromatic carbocycles. The number of hydrazine groups is 1. The second-order valence-corrected chi connectivity index (χ2v) is 9.51. The highest BCUT2D eigenvalue weighted by atomic mass is 32.2. The Hall–Kier alpha value is -2.91. The van der Waals surface area contributed by atoms with E-state index in [-0.39, 0.29) is 24.5 Å². The van der Waals surface area contributed by atoms with Gasteiger partial charge in [0.15, 0.2) is 6.61 Å². The molecule has 0 saturated heterocycles. The van der Waals surface area contributed by atoms with Crippen LogP contribution < -0.4 is 20.3 Å². The van der Waals surface area contributed by atoms with Crippen LogP contribution >= 0.6 is 0 Å². The fraction of sp³-hybridized carbons (Fsp3) is 0.391. The molecule has 32 heavy (non-hydrogen) atoms. The van der Waals surface area contributed by atoms with E-state index in [1.165, 1.54) is 0 Å². The number of ether oxygens (including phenoxy) is 1. The normalized spacial score (nSPS) is 11.2. The van der Waals surface area contributed by atoms with Crippen molar-refractivity contribution in [2.24, 2.45) is 0 Å². The summed E-state index contributed by atoms with van der Waals surface area (Å²) in [5.74, 6) is -0.508. The molecule has 0 aliphatic heterocycles. The van der Waals surface area contributed by atoms with Gasteiger partial charge in [-0.1, -0.05) is 12.1 Å². The van der Waals surface area contributed by atoms with Crippen molar-refractivity contribution in [2.75, 3.05) is 13.2 Å². The first-order valence-corrected chi connectivity index (χ1v) is 11.8. The highest BCUT2D eigenvalue weighted by Crippen LogP contribution is 2.29. The van der Waals surface area contributed by atoms with Crippen LogP contribution in [0.2, 0.25) is 0 Å². The van der Waals surface area contributed by atoms with Crippen LogP contribution in [-0.2, 0) is 19.6 Å². The van der Waals surface area contributed by atoms with Crippen molar-refractivity contribution in [2.45, 2.75) is 52.9 Å². The molecule has 0 atom stereocenters. The van der Waals surface area contributed by atoms with E-state index in [0.717, 1.165) is 22.3 Å². The van der Waals surface area contributed by atoms with Gasteiger partial charge in [0, 0.05) is 13.0 Å². The minimum absolute atomic E-state index is 0.102. The van der Waals surface area contributed by atoms with E-state index < -0.39 is 21.8 Å². The maximum absolute atomic E-state index is 12.9. The molecular formula is C23H31N3O5S. The molecule has 0 saturated carbocycles. The molecule has 0 spiro atoms. The summed E-state index contributed by atoms with van der Waals surface area (Å²) < 4.78 is 33.5. The zero-order chi connectivity index (χ0) is 24.1. The summed E-state index contributed by atoms with van der Waals surface area (Å²) in [6.45, 7) is 10.9. The van der Waals surface area contributed by atoms with Gasteiger partial charge in [-0.15, -0.1) is 0 Å². The molecule has 9 heteroatoms. The second-order valence-electron chi connectivity index (χ2n) is 7.80. The standard InChI is InChI=1S/C23H31N3O5S/c1-14-8-7-9-20(12-14)31-13-22(28)26-25-21(27)10-11-24-32(29,30)23-18(5)16(3)15(2)17(4)19(23)6/h7-9,12,24H,10-11,13H2,1-6H3,(H,25,27)(H,26,28). The number of nitrogens with one attached hydrogen (secondary N) is 3. The van der Waals surface area contributed by atoms with Crippen LogP contribution in [0.5, 0.6) is 5.75 Å². The van der Waals surface area contributed by atoms with Crippen LogP contribution in [0.3, 0.4) is 0 Å². The smallest absolute Gasteiger partial charge is 0.276 e. The summed E-state index contributed by atoms with van der Waals surface area (Å²) in [6.07, 6.45) is -0.139. The molecule has 2 amide bonds. The third-order valence-corrected chi connectivity index (χ3v) is 7.28. The van der Waals surface area contributed by atoms with Crippen LogP contribution in [0, 0.1) is 41.5 Å². The molecule has 0 aliphatic rings. The Labute approximate surface area is 189 Å². The molecular weight excluding hydrogens is 430 g/mol. The molecule has 0 unspecified atom stereocenters. The van der Waals surface area contributed by atoms with Gasteiger partial charge in [0.25, 0.3) is 5.91 Å². The van der Waals surface area contributed by atoms with Crippen molar-refractivity contribution in [1.29, 1.82) is 0 Å². The zero-order valence-corrected chi connectivity index (χ0v) is 20.2. The first-order valence-electron chi connectivity index (χ1n) is 10.3. The van der Waals surface area contributed by atoms with Crippen LogP contribution in [-0.4, -0.2) is 33.4 Å². The molecule has 2 rings (SSSR count). The predicted octanol–water partition coefficient (Wildman–Crippen LogP) is 2.43. The topological polar surface area (TPSA) is 114 Å². The fourth-order valence-electron chi connectivity index (χ4n) is 3.33. The zero-order valence-electron chi connectivity index (χ0n) is 19.4. The van der Waals surface area contributed by atoms with Gasteiger partial charge in [-0.05, 0) is 87.1 Å². The quantitative estimate of drug-likeness (QED) is 0.523. The molecule has 0 bridgehead atoms. The van der Waals surface area contributed by atoms with Crippen LogP contribution in [0.25, 0.3) is 0 Å². The van der Waals surface area contributed by atoms with Gasteiger partial charge in [0.05, 0.1) is 4.90 Å². The number of carbonyl (C=O) groups is 2. The average molecular weight is 462 g/mol. The van der Waals surface area contributed by atoms with Gasteiger partial charge < -0.3 is 4.74 Å². The summed E-state index contributed by atoms with van der Waals surface area (Å²) >= 11 is 0. The van der Waals surface area contributed by atoms with Crippen LogP contribution in [0.1, 0.15) is 39.8 Å². The molecule has 174 valence electrons. The summed E-state index contributed by atoms with van der Waals surface area (Å²) in [4.78, 5) is 24.1. The molecule has 0 heterocycles. The monoisotopic (exact) mass is 461 g/mol. The Morgan fingerprint density at radius 1 is 0.844 bits per heavy atom. The van der Waals surface area contributed by atoms with Gasteiger partial charge in [-0.2, -0.15) is 0 Å². The van der Waals surface area contributed by atoms with E-state index in [0.29, 0.717) is 16.9 Å². The minimum Gasteiger partial charge on any atom is -0.484 e. The highest BCUT2D eigenvalue weighted by molar-refractivity contribution is 7.89. The minimum atomic E-state index is -3.79. The third-order valence-electron chi connectivity index (χ3n) is 5.54. The number of benzene rings is 2. The van der Waals surface area contributed by atoms with Gasteiger partial charge in [-0.3, -0.25) is 20.4 Å². The number of sulfonamides is 1. The molecule has 0 fully saturated rings. The highest BCUT2D eigenvalue weighted by Gasteiger charge is 2.23. The SMILES string of the molecule is Cc1cccc(OCC(=O)NNC(=O)CCNS(=O)(=O)c2c(C)c(C)c(C)c(C)c2C)c1.